The third-order valence-electron chi connectivity index (χ3n) is 1.86. The molecule has 1 rings (SSSR count). The molecule has 4 heteroatoms. The van der Waals surface area contributed by atoms with E-state index in [0.29, 0.717) is 5.92 Å². The summed E-state index contributed by atoms with van der Waals surface area (Å²) in [7, 11) is 0. The lowest BCUT2D eigenvalue weighted by molar-refractivity contribution is 0.665. The van der Waals surface area contributed by atoms with Crippen molar-refractivity contribution in [3.8, 4) is 0 Å². The van der Waals surface area contributed by atoms with Gasteiger partial charge in [-0.25, -0.2) is 0 Å². The first-order valence-electron chi connectivity index (χ1n) is 5.25. The summed E-state index contributed by atoms with van der Waals surface area (Å²) in [6.07, 6.45) is 0. The maximum absolute atomic E-state index is 5.82. The zero-order valence-electron chi connectivity index (χ0n) is 9.61. The molecule has 2 N–H and O–H groups in total. The third kappa shape index (κ3) is 5.56. The highest BCUT2D eigenvalue weighted by molar-refractivity contribution is 9.10. The van der Waals surface area contributed by atoms with Crippen LogP contribution in [0.1, 0.15) is 13.8 Å². The Balaban J connectivity index is 2.39. The average molecular weight is 301 g/mol. The fourth-order valence-corrected chi connectivity index (χ4v) is 2.03. The van der Waals surface area contributed by atoms with Crippen LogP contribution in [0.5, 0.6) is 0 Å². The largest absolute Gasteiger partial charge is 0.387 e. The Morgan fingerprint density at radius 1 is 1.38 bits per heavy atom. The Bertz CT molecular complexity index is 347. The molecule has 0 radical (unpaired) electrons. The number of aliphatic imine (C=N–C) groups is 1. The van der Waals surface area contributed by atoms with Gasteiger partial charge in [0.05, 0.1) is 5.75 Å². The summed E-state index contributed by atoms with van der Waals surface area (Å²) >= 11 is 5.12. The van der Waals surface area contributed by atoms with Gasteiger partial charge in [0, 0.05) is 15.9 Å². The molecule has 0 unspecified atom stereocenters. The summed E-state index contributed by atoms with van der Waals surface area (Å²) in [6.45, 7) is 5.09. The van der Waals surface area contributed by atoms with Gasteiger partial charge in [-0.15, -0.1) is 11.8 Å². The van der Waals surface area contributed by atoms with Crippen molar-refractivity contribution in [3.05, 3.63) is 28.7 Å². The van der Waals surface area contributed by atoms with Crippen molar-refractivity contribution in [2.24, 2.45) is 16.6 Å². The maximum Gasteiger partial charge on any atom is 0.104 e. The van der Waals surface area contributed by atoms with E-state index >= 15 is 0 Å². The number of halogens is 1. The van der Waals surface area contributed by atoms with Gasteiger partial charge in [-0.3, -0.25) is 4.99 Å². The van der Waals surface area contributed by atoms with E-state index < -0.39 is 0 Å². The monoisotopic (exact) mass is 300 g/mol. The minimum absolute atomic E-state index is 0.566. The summed E-state index contributed by atoms with van der Waals surface area (Å²) in [5.74, 6) is 2.05. The molecular formula is C12H17BrN2S. The molecule has 0 aromatic heterocycles. The molecule has 88 valence electrons. The van der Waals surface area contributed by atoms with Crippen LogP contribution in [0.4, 0.5) is 0 Å². The van der Waals surface area contributed by atoms with E-state index in [9.17, 15) is 0 Å². The second kappa shape index (κ2) is 6.97. The van der Waals surface area contributed by atoms with E-state index in [1.54, 1.807) is 11.8 Å². The van der Waals surface area contributed by atoms with Crippen molar-refractivity contribution in [2.45, 2.75) is 18.7 Å². The highest BCUT2D eigenvalue weighted by Crippen LogP contribution is 2.20. The van der Waals surface area contributed by atoms with Gasteiger partial charge in [0.15, 0.2) is 0 Å². The van der Waals surface area contributed by atoms with Gasteiger partial charge in [0.1, 0.15) is 5.84 Å². The van der Waals surface area contributed by atoms with Crippen molar-refractivity contribution >= 4 is 33.5 Å². The summed E-state index contributed by atoms with van der Waals surface area (Å²) in [4.78, 5) is 5.53. The van der Waals surface area contributed by atoms with Crippen LogP contribution in [0.3, 0.4) is 0 Å². The van der Waals surface area contributed by atoms with Crippen molar-refractivity contribution in [1.82, 2.24) is 0 Å². The second-order valence-electron chi connectivity index (χ2n) is 3.97. The van der Waals surface area contributed by atoms with Gasteiger partial charge in [-0.2, -0.15) is 0 Å². The zero-order valence-corrected chi connectivity index (χ0v) is 12.0. The van der Waals surface area contributed by atoms with E-state index in [1.807, 2.05) is 12.1 Å². The van der Waals surface area contributed by atoms with Crippen molar-refractivity contribution in [1.29, 1.82) is 0 Å². The number of benzene rings is 1. The smallest absolute Gasteiger partial charge is 0.104 e. The molecule has 16 heavy (non-hydrogen) atoms. The van der Waals surface area contributed by atoms with Gasteiger partial charge in [-0.1, -0.05) is 29.8 Å². The quantitative estimate of drug-likeness (QED) is 0.513. The third-order valence-corrected chi connectivity index (χ3v) is 3.43. The Hall–Kier alpha value is -0.480. The number of hydrogen-bond donors (Lipinski definition) is 1. The summed E-state index contributed by atoms with van der Waals surface area (Å²) in [6, 6.07) is 8.21. The number of hydrogen-bond acceptors (Lipinski definition) is 2. The molecule has 0 amide bonds. The predicted molar refractivity (Wildman–Crippen MR) is 76.2 cm³/mol. The van der Waals surface area contributed by atoms with Gasteiger partial charge >= 0.3 is 0 Å². The molecule has 0 spiro atoms. The number of nitrogens with two attached hydrogens (primary N) is 1. The maximum atomic E-state index is 5.82. The highest BCUT2D eigenvalue weighted by atomic mass is 79.9. The van der Waals surface area contributed by atoms with Crippen LogP contribution in [0, 0.1) is 5.92 Å². The summed E-state index contributed by atoms with van der Waals surface area (Å²) in [5, 5.41) is 0. The number of thioether (sulfide) groups is 1. The minimum atomic E-state index is 0.566. The summed E-state index contributed by atoms with van der Waals surface area (Å²) < 4.78 is 1.10. The first-order chi connectivity index (χ1) is 7.58. The van der Waals surface area contributed by atoms with Gasteiger partial charge < -0.3 is 5.73 Å². The topological polar surface area (TPSA) is 38.4 Å². The van der Waals surface area contributed by atoms with Crippen LogP contribution in [0.15, 0.2) is 38.6 Å². The van der Waals surface area contributed by atoms with Crippen molar-refractivity contribution in [2.75, 3.05) is 12.3 Å². The molecule has 0 aliphatic carbocycles. The lowest BCUT2D eigenvalue weighted by atomic mass is 10.2. The molecule has 0 atom stereocenters. The number of rotatable bonds is 5. The van der Waals surface area contributed by atoms with Crippen LogP contribution in [-0.2, 0) is 0 Å². The molecule has 0 saturated carbocycles. The van der Waals surface area contributed by atoms with E-state index in [-0.39, 0.29) is 0 Å². The van der Waals surface area contributed by atoms with Gasteiger partial charge in [-0.05, 0) is 30.2 Å². The molecule has 1 aromatic rings. The van der Waals surface area contributed by atoms with E-state index in [1.165, 1.54) is 4.90 Å². The Kier molecular flexibility index (Phi) is 5.91. The van der Waals surface area contributed by atoms with Crippen LogP contribution in [0.2, 0.25) is 0 Å². The molecule has 0 saturated heterocycles. The van der Waals surface area contributed by atoms with Crippen molar-refractivity contribution in [3.63, 3.8) is 0 Å². The standard InChI is InChI=1S/C12H17BrN2S/c1-9(2)7-15-12(14)8-16-11-5-3-10(13)4-6-11/h3-6,9H,7-8H2,1-2H3,(H2,14,15). The highest BCUT2D eigenvalue weighted by Gasteiger charge is 1.98. The van der Waals surface area contributed by atoms with E-state index in [0.717, 1.165) is 22.6 Å². The SMILES string of the molecule is CC(C)CN=C(N)CSc1ccc(Br)cc1. The lowest BCUT2D eigenvalue weighted by Crippen LogP contribution is -2.16. The molecule has 2 nitrogen and oxygen atoms in total. The molecule has 0 fully saturated rings. The number of nitrogens with zero attached hydrogens (tertiary/aromatic N) is 1. The number of amidine groups is 1. The molecule has 1 aromatic carbocycles. The van der Waals surface area contributed by atoms with Gasteiger partial charge in [0.2, 0.25) is 0 Å². The fourth-order valence-electron chi connectivity index (χ4n) is 1.03. The van der Waals surface area contributed by atoms with Crippen LogP contribution < -0.4 is 5.73 Å². The molecule has 0 bridgehead atoms. The zero-order chi connectivity index (χ0) is 12.0. The normalized spacial score (nSPS) is 12.1. The van der Waals surface area contributed by atoms with Crippen molar-refractivity contribution < 1.29 is 0 Å². The van der Waals surface area contributed by atoms with Gasteiger partial charge in [0.25, 0.3) is 0 Å². The Morgan fingerprint density at radius 3 is 2.56 bits per heavy atom. The van der Waals surface area contributed by atoms with Crippen LogP contribution >= 0.6 is 27.7 Å². The molecular weight excluding hydrogens is 284 g/mol. The van der Waals surface area contributed by atoms with Crippen LogP contribution in [-0.4, -0.2) is 18.1 Å². The Labute approximate surface area is 110 Å². The lowest BCUT2D eigenvalue weighted by Gasteiger charge is -2.03. The average Bonchev–Trinajstić information content (AvgIpc) is 2.25. The predicted octanol–water partition coefficient (Wildman–Crippen LogP) is 3.55. The minimum Gasteiger partial charge on any atom is -0.387 e. The molecule has 0 aliphatic heterocycles. The van der Waals surface area contributed by atoms with E-state index in [2.05, 4.69) is 46.9 Å². The Morgan fingerprint density at radius 2 is 2.00 bits per heavy atom. The summed E-state index contributed by atoms with van der Waals surface area (Å²) in [5.41, 5.74) is 5.82. The molecule has 0 aliphatic rings. The first kappa shape index (κ1) is 13.6. The first-order valence-corrected chi connectivity index (χ1v) is 7.03. The van der Waals surface area contributed by atoms with E-state index in [4.69, 9.17) is 5.73 Å². The molecule has 0 heterocycles. The van der Waals surface area contributed by atoms with Crippen LogP contribution in [0.25, 0.3) is 0 Å². The fraction of sp³-hybridized carbons (Fsp3) is 0.417. The second-order valence-corrected chi connectivity index (χ2v) is 5.93.